The van der Waals surface area contributed by atoms with Crippen molar-refractivity contribution in [2.24, 2.45) is 5.92 Å². The van der Waals surface area contributed by atoms with E-state index in [0.29, 0.717) is 5.13 Å². The molecule has 5 nitrogen and oxygen atoms in total. The van der Waals surface area contributed by atoms with Crippen LogP contribution in [-0.4, -0.2) is 16.9 Å². The fraction of sp³-hybridized carbons (Fsp3) is 0.214. The smallest absolute Gasteiger partial charge is 0.307 e. The minimum absolute atomic E-state index is 0.0940. The second kappa shape index (κ2) is 5.42. The Morgan fingerprint density at radius 3 is 2.85 bits per heavy atom. The Morgan fingerprint density at radius 2 is 2.15 bits per heavy atom. The van der Waals surface area contributed by atoms with Gasteiger partial charge in [-0.25, -0.2) is 4.98 Å². The molecule has 0 aliphatic carbocycles. The molecule has 102 valence electrons. The highest BCUT2D eigenvalue weighted by Gasteiger charge is 2.40. The van der Waals surface area contributed by atoms with Crippen LogP contribution in [0.5, 0.6) is 0 Å². The van der Waals surface area contributed by atoms with Crippen LogP contribution in [0.4, 0.5) is 5.13 Å². The number of carbonyl (C=O) groups is 2. The van der Waals surface area contributed by atoms with Crippen LogP contribution in [0.25, 0.3) is 0 Å². The van der Waals surface area contributed by atoms with Gasteiger partial charge in [0.25, 0.3) is 0 Å². The molecule has 1 aromatic heterocycles. The number of benzene rings is 1. The molecule has 1 aliphatic heterocycles. The normalized spacial score (nSPS) is 21.5. The summed E-state index contributed by atoms with van der Waals surface area (Å²) in [7, 11) is 0. The van der Waals surface area contributed by atoms with E-state index in [2.05, 4.69) is 10.3 Å². The summed E-state index contributed by atoms with van der Waals surface area (Å²) in [5.74, 6) is -1.11. The number of carbonyl (C=O) groups excluding carboxylic acids is 2. The highest BCUT2D eigenvalue weighted by molar-refractivity contribution is 7.13. The molecule has 1 saturated heterocycles. The number of hydrogen-bond acceptors (Lipinski definition) is 5. The molecule has 2 atom stereocenters. The molecule has 0 bridgehead atoms. The predicted octanol–water partition coefficient (Wildman–Crippen LogP) is 2.39. The summed E-state index contributed by atoms with van der Waals surface area (Å²) in [5.41, 5.74) is 0.831. The SMILES string of the molecule is O=C1C[C@H](C(=O)Nc2nccs2)[C@@H](c2ccccc2)O1. The van der Waals surface area contributed by atoms with E-state index in [-0.39, 0.29) is 18.3 Å². The van der Waals surface area contributed by atoms with E-state index in [9.17, 15) is 9.59 Å². The average molecular weight is 288 g/mol. The Bertz CT molecular complexity index is 613. The van der Waals surface area contributed by atoms with Gasteiger partial charge in [-0.3, -0.25) is 9.59 Å². The van der Waals surface area contributed by atoms with Crippen molar-refractivity contribution in [1.82, 2.24) is 4.98 Å². The molecule has 1 aromatic carbocycles. The molecule has 2 heterocycles. The third kappa shape index (κ3) is 2.55. The van der Waals surface area contributed by atoms with Crippen molar-refractivity contribution < 1.29 is 14.3 Å². The fourth-order valence-electron chi connectivity index (χ4n) is 2.21. The van der Waals surface area contributed by atoms with Gasteiger partial charge in [-0.1, -0.05) is 30.3 Å². The minimum atomic E-state index is -0.524. The Morgan fingerprint density at radius 1 is 1.35 bits per heavy atom. The molecule has 1 N–H and O–H groups in total. The first-order valence-electron chi connectivity index (χ1n) is 6.19. The number of thiazole rings is 1. The van der Waals surface area contributed by atoms with E-state index >= 15 is 0 Å². The summed E-state index contributed by atoms with van der Waals surface area (Å²) in [6.45, 7) is 0. The van der Waals surface area contributed by atoms with Crippen molar-refractivity contribution in [3.05, 3.63) is 47.5 Å². The lowest BCUT2D eigenvalue weighted by Gasteiger charge is -2.16. The van der Waals surface area contributed by atoms with Crippen molar-refractivity contribution in [3.63, 3.8) is 0 Å². The summed E-state index contributed by atoms with van der Waals surface area (Å²) in [6.07, 6.45) is 1.19. The van der Waals surface area contributed by atoms with Gasteiger partial charge in [0.15, 0.2) is 5.13 Å². The lowest BCUT2D eigenvalue weighted by molar-refractivity contribution is -0.141. The van der Waals surface area contributed by atoms with Crippen LogP contribution in [0.2, 0.25) is 0 Å². The van der Waals surface area contributed by atoms with Gasteiger partial charge in [-0.15, -0.1) is 11.3 Å². The molecule has 0 spiro atoms. The van der Waals surface area contributed by atoms with Crippen LogP contribution in [0.15, 0.2) is 41.9 Å². The number of hydrogen-bond donors (Lipinski definition) is 1. The van der Waals surface area contributed by atoms with Gasteiger partial charge < -0.3 is 10.1 Å². The Labute approximate surface area is 119 Å². The molecule has 1 amide bonds. The monoisotopic (exact) mass is 288 g/mol. The zero-order valence-electron chi connectivity index (χ0n) is 10.5. The van der Waals surface area contributed by atoms with E-state index in [1.165, 1.54) is 11.3 Å². The van der Waals surface area contributed by atoms with Gasteiger partial charge in [-0.05, 0) is 5.56 Å². The summed E-state index contributed by atoms with van der Waals surface area (Å²) in [5, 5.41) is 5.03. The number of aromatic nitrogens is 1. The molecule has 0 unspecified atom stereocenters. The maximum Gasteiger partial charge on any atom is 0.307 e. The van der Waals surface area contributed by atoms with Crippen molar-refractivity contribution in [3.8, 4) is 0 Å². The number of cyclic esters (lactones) is 1. The van der Waals surface area contributed by atoms with Crippen LogP contribution in [0.1, 0.15) is 18.1 Å². The highest BCUT2D eigenvalue weighted by atomic mass is 32.1. The maximum atomic E-state index is 12.3. The molecule has 20 heavy (non-hydrogen) atoms. The maximum absolute atomic E-state index is 12.3. The summed E-state index contributed by atoms with van der Waals surface area (Å²) in [6, 6.07) is 9.30. The number of anilines is 1. The number of esters is 1. The third-order valence-corrected chi connectivity index (χ3v) is 3.83. The van der Waals surface area contributed by atoms with Gasteiger partial charge in [0.05, 0.1) is 12.3 Å². The van der Waals surface area contributed by atoms with Crippen LogP contribution in [0, 0.1) is 5.92 Å². The molecule has 6 heteroatoms. The second-order valence-electron chi connectivity index (χ2n) is 4.46. The van der Waals surface area contributed by atoms with Crippen LogP contribution in [-0.2, 0) is 14.3 Å². The van der Waals surface area contributed by atoms with Crippen LogP contribution < -0.4 is 5.32 Å². The van der Waals surface area contributed by atoms with Crippen LogP contribution in [0.3, 0.4) is 0 Å². The Balaban J connectivity index is 1.80. The number of amides is 1. The third-order valence-electron chi connectivity index (χ3n) is 3.14. The predicted molar refractivity (Wildman–Crippen MR) is 74.1 cm³/mol. The standard InChI is InChI=1S/C14H12N2O3S/c17-11-8-10(13(18)16-14-15-6-7-20-14)12(19-11)9-4-2-1-3-5-9/h1-7,10,12H,8H2,(H,15,16,18)/t10-,12+/m0/s1. The Kier molecular flexibility index (Phi) is 3.47. The summed E-state index contributed by atoms with van der Waals surface area (Å²) in [4.78, 5) is 27.8. The molecule has 2 aromatic rings. The second-order valence-corrected chi connectivity index (χ2v) is 5.35. The van der Waals surface area contributed by atoms with Gasteiger partial charge in [0.1, 0.15) is 6.10 Å². The first-order valence-corrected chi connectivity index (χ1v) is 7.07. The zero-order chi connectivity index (χ0) is 13.9. The number of ether oxygens (including phenoxy) is 1. The lowest BCUT2D eigenvalue weighted by Crippen LogP contribution is -2.25. The van der Waals surface area contributed by atoms with E-state index in [4.69, 9.17) is 4.74 Å². The van der Waals surface area contributed by atoms with E-state index in [1.807, 2.05) is 30.3 Å². The molecule has 1 aliphatic rings. The lowest BCUT2D eigenvalue weighted by atomic mass is 9.94. The number of nitrogens with one attached hydrogen (secondary N) is 1. The van der Waals surface area contributed by atoms with Crippen LogP contribution >= 0.6 is 11.3 Å². The molecular formula is C14H12N2O3S. The molecule has 0 radical (unpaired) electrons. The highest BCUT2D eigenvalue weighted by Crippen LogP contribution is 2.36. The van der Waals surface area contributed by atoms with E-state index in [0.717, 1.165) is 5.56 Å². The van der Waals surface area contributed by atoms with E-state index < -0.39 is 12.0 Å². The number of rotatable bonds is 3. The molecule has 3 rings (SSSR count). The molecular weight excluding hydrogens is 276 g/mol. The summed E-state index contributed by atoms with van der Waals surface area (Å²) >= 11 is 1.34. The van der Waals surface area contributed by atoms with Crippen molar-refractivity contribution in [1.29, 1.82) is 0 Å². The minimum Gasteiger partial charge on any atom is -0.457 e. The quantitative estimate of drug-likeness (QED) is 0.880. The van der Waals surface area contributed by atoms with Crippen molar-refractivity contribution in [2.45, 2.75) is 12.5 Å². The molecule has 1 fully saturated rings. The first-order chi connectivity index (χ1) is 9.74. The summed E-state index contributed by atoms with van der Waals surface area (Å²) < 4.78 is 5.28. The van der Waals surface area contributed by atoms with Gasteiger partial charge in [0, 0.05) is 11.6 Å². The van der Waals surface area contributed by atoms with Gasteiger partial charge >= 0.3 is 5.97 Å². The van der Waals surface area contributed by atoms with Crippen molar-refractivity contribution >= 4 is 28.3 Å². The Hall–Kier alpha value is -2.21. The van der Waals surface area contributed by atoms with Gasteiger partial charge in [-0.2, -0.15) is 0 Å². The van der Waals surface area contributed by atoms with E-state index in [1.54, 1.807) is 11.6 Å². The van der Waals surface area contributed by atoms with Crippen molar-refractivity contribution in [2.75, 3.05) is 5.32 Å². The largest absolute Gasteiger partial charge is 0.457 e. The molecule has 0 saturated carbocycles. The fourth-order valence-corrected chi connectivity index (χ4v) is 2.75. The topological polar surface area (TPSA) is 68.3 Å². The first kappa shape index (κ1) is 12.8. The zero-order valence-corrected chi connectivity index (χ0v) is 11.3. The van der Waals surface area contributed by atoms with Gasteiger partial charge in [0.2, 0.25) is 5.91 Å². The average Bonchev–Trinajstić information content (AvgIpc) is 3.09. The number of nitrogens with zero attached hydrogens (tertiary/aromatic N) is 1.